The first-order chi connectivity index (χ1) is 6.22. The SMILES string of the molecule is Cc1cn(SI)c2ncc(Cl)cc12. The average Bonchev–Trinajstić information content (AvgIpc) is 2.43. The normalized spacial score (nSPS) is 11.0. The Hall–Kier alpha value is 0.0600. The second-order valence-corrected chi connectivity index (χ2v) is 4.88. The van der Waals surface area contributed by atoms with Crippen LogP contribution in [0.15, 0.2) is 18.5 Å². The van der Waals surface area contributed by atoms with Gasteiger partial charge in [-0.1, -0.05) is 11.6 Å². The van der Waals surface area contributed by atoms with Gasteiger partial charge in [0.1, 0.15) is 0 Å². The molecule has 0 aliphatic rings. The number of pyridine rings is 1. The van der Waals surface area contributed by atoms with Crippen LogP contribution >= 0.6 is 41.9 Å². The van der Waals surface area contributed by atoms with Crippen LogP contribution in [0.25, 0.3) is 11.0 Å². The van der Waals surface area contributed by atoms with Gasteiger partial charge in [-0.25, -0.2) is 4.98 Å². The third kappa shape index (κ3) is 1.67. The smallest absolute Gasteiger partial charge is 0.150 e. The van der Waals surface area contributed by atoms with Gasteiger partial charge in [0.2, 0.25) is 0 Å². The summed E-state index contributed by atoms with van der Waals surface area (Å²) in [5.74, 6) is 0. The molecule has 0 aromatic carbocycles. The van der Waals surface area contributed by atoms with Gasteiger partial charge in [-0.3, -0.25) is 3.97 Å². The summed E-state index contributed by atoms with van der Waals surface area (Å²) in [4.78, 5) is 4.28. The number of aryl methyl sites for hydroxylation is 1. The van der Waals surface area contributed by atoms with Gasteiger partial charge in [0.05, 0.1) is 5.02 Å². The van der Waals surface area contributed by atoms with E-state index in [4.69, 9.17) is 11.6 Å². The van der Waals surface area contributed by atoms with Crippen LogP contribution in [0.2, 0.25) is 5.02 Å². The maximum Gasteiger partial charge on any atom is 0.150 e. The third-order valence-electron chi connectivity index (χ3n) is 1.85. The van der Waals surface area contributed by atoms with Gasteiger partial charge in [-0.05, 0) is 18.6 Å². The Morgan fingerprint density at radius 1 is 1.62 bits per heavy atom. The van der Waals surface area contributed by atoms with Gasteiger partial charge in [0, 0.05) is 48.1 Å². The number of hydrogen-bond donors (Lipinski definition) is 0. The average molecular weight is 325 g/mol. The molecule has 0 N–H and O–H groups in total. The Balaban J connectivity index is 2.80. The fourth-order valence-electron chi connectivity index (χ4n) is 1.26. The fraction of sp³-hybridized carbons (Fsp3) is 0.125. The summed E-state index contributed by atoms with van der Waals surface area (Å²) < 4.78 is 2.03. The number of halogens is 2. The van der Waals surface area contributed by atoms with E-state index in [1.807, 2.05) is 10.0 Å². The Labute approximate surface area is 97.4 Å². The zero-order valence-electron chi connectivity index (χ0n) is 6.79. The molecule has 0 atom stereocenters. The molecule has 0 radical (unpaired) electrons. The van der Waals surface area contributed by atoms with Crippen molar-refractivity contribution < 1.29 is 0 Å². The summed E-state index contributed by atoms with van der Waals surface area (Å²) in [7, 11) is 1.61. The van der Waals surface area contributed by atoms with E-state index in [1.165, 1.54) is 5.56 Å². The zero-order chi connectivity index (χ0) is 9.42. The highest BCUT2D eigenvalue weighted by Crippen LogP contribution is 2.27. The summed E-state index contributed by atoms with van der Waals surface area (Å²) >= 11 is 8.09. The Morgan fingerprint density at radius 3 is 3.08 bits per heavy atom. The minimum absolute atomic E-state index is 0.687. The van der Waals surface area contributed by atoms with Crippen molar-refractivity contribution in [3.63, 3.8) is 0 Å². The van der Waals surface area contributed by atoms with Crippen molar-refractivity contribution in [2.45, 2.75) is 6.92 Å². The molecule has 5 heteroatoms. The van der Waals surface area contributed by atoms with E-state index in [9.17, 15) is 0 Å². The van der Waals surface area contributed by atoms with Gasteiger partial charge in [0.25, 0.3) is 0 Å². The minimum Gasteiger partial charge on any atom is -0.266 e. The largest absolute Gasteiger partial charge is 0.266 e. The number of fused-ring (bicyclic) bond motifs is 1. The highest BCUT2D eigenvalue weighted by molar-refractivity contribution is 14.2. The van der Waals surface area contributed by atoms with Crippen LogP contribution in [0.4, 0.5) is 0 Å². The van der Waals surface area contributed by atoms with Crippen LogP contribution in [0.5, 0.6) is 0 Å². The lowest BCUT2D eigenvalue weighted by molar-refractivity contribution is 1.26. The monoisotopic (exact) mass is 324 g/mol. The van der Waals surface area contributed by atoms with E-state index in [-0.39, 0.29) is 0 Å². The molecule has 0 spiro atoms. The highest BCUT2D eigenvalue weighted by Gasteiger charge is 2.06. The Bertz CT molecular complexity index is 455. The van der Waals surface area contributed by atoms with Crippen LogP contribution in [-0.2, 0) is 0 Å². The summed E-state index contributed by atoms with van der Waals surface area (Å²) in [6.45, 7) is 2.06. The standard InChI is InChI=1S/C8H6ClIN2S/c1-5-4-12(13-10)8-7(5)2-6(9)3-11-8/h2-4H,1H3. The molecule has 0 fully saturated rings. The number of rotatable bonds is 1. The molecule has 2 aromatic heterocycles. The molecular formula is C8H6ClIN2S. The van der Waals surface area contributed by atoms with Gasteiger partial charge in [-0.15, -0.1) is 0 Å². The molecule has 0 aliphatic carbocycles. The van der Waals surface area contributed by atoms with Gasteiger partial charge in [0.15, 0.2) is 5.65 Å². The van der Waals surface area contributed by atoms with Gasteiger partial charge in [-0.2, -0.15) is 0 Å². The molecule has 13 heavy (non-hydrogen) atoms. The zero-order valence-corrected chi connectivity index (χ0v) is 10.5. The lowest BCUT2D eigenvalue weighted by Gasteiger charge is -1.95. The first-order valence-electron chi connectivity index (χ1n) is 3.64. The van der Waals surface area contributed by atoms with Crippen LogP contribution in [0.3, 0.4) is 0 Å². The summed E-state index contributed by atoms with van der Waals surface area (Å²) in [5.41, 5.74) is 2.18. The van der Waals surface area contributed by atoms with Crippen molar-refractivity contribution in [3.8, 4) is 0 Å². The number of nitrogens with zero attached hydrogens (tertiary/aromatic N) is 2. The molecule has 2 aromatic rings. The molecule has 0 amide bonds. The molecule has 0 aliphatic heterocycles. The number of aromatic nitrogens is 2. The first kappa shape index (κ1) is 9.61. The van der Waals surface area contributed by atoms with E-state index < -0.39 is 0 Å². The van der Waals surface area contributed by atoms with E-state index in [1.54, 1.807) is 15.3 Å². The van der Waals surface area contributed by atoms with Crippen LogP contribution in [0.1, 0.15) is 5.56 Å². The van der Waals surface area contributed by atoms with Crippen LogP contribution < -0.4 is 0 Å². The molecule has 0 saturated heterocycles. The maximum atomic E-state index is 5.86. The number of hydrogen-bond acceptors (Lipinski definition) is 2. The maximum absolute atomic E-state index is 5.86. The second-order valence-electron chi connectivity index (χ2n) is 2.73. The first-order valence-corrected chi connectivity index (χ1v) is 7.34. The third-order valence-corrected chi connectivity index (χ3v) is 3.76. The van der Waals surface area contributed by atoms with Gasteiger partial charge >= 0.3 is 0 Å². The molecule has 2 nitrogen and oxygen atoms in total. The second kappa shape index (κ2) is 3.67. The van der Waals surface area contributed by atoms with Crippen molar-refractivity contribution in [3.05, 3.63) is 29.0 Å². The van der Waals surface area contributed by atoms with Crippen LogP contribution in [-0.4, -0.2) is 8.96 Å². The van der Waals surface area contributed by atoms with Crippen molar-refractivity contribution in [2.24, 2.45) is 0 Å². The fourth-order valence-corrected chi connectivity index (χ4v) is 2.72. The van der Waals surface area contributed by atoms with E-state index in [2.05, 4.69) is 39.3 Å². The van der Waals surface area contributed by atoms with Crippen molar-refractivity contribution in [1.82, 2.24) is 8.96 Å². The van der Waals surface area contributed by atoms with E-state index in [0.717, 1.165) is 11.0 Å². The summed E-state index contributed by atoms with van der Waals surface area (Å²) in [5, 5.41) is 1.81. The van der Waals surface area contributed by atoms with Crippen LogP contribution in [0, 0.1) is 6.92 Å². The van der Waals surface area contributed by atoms with E-state index >= 15 is 0 Å². The predicted molar refractivity (Wildman–Crippen MR) is 66.5 cm³/mol. The predicted octanol–water partition coefficient (Wildman–Crippen LogP) is 3.84. The van der Waals surface area contributed by atoms with Crippen molar-refractivity contribution >= 4 is 53.0 Å². The lowest BCUT2D eigenvalue weighted by atomic mass is 10.2. The van der Waals surface area contributed by atoms with E-state index in [0.29, 0.717) is 5.02 Å². The molecule has 2 rings (SSSR count). The molecular weight excluding hydrogens is 319 g/mol. The Morgan fingerprint density at radius 2 is 2.38 bits per heavy atom. The lowest BCUT2D eigenvalue weighted by Crippen LogP contribution is -1.82. The molecule has 68 valence electrons. The molecule has 0 saturated carbocycles. The van der Waals surface area contributed by atoms with Gasteiger partial charge < -0.3 is 0 Å². The molecule has 0 bridgehead atoms. The topological polar surface area (TPSA) is 17.8 Å². The van der Waals surface area contributed by atoms with Crippen molar-refractivity contribution in [1.29, 1.82) is 0 Å². The Kier molecular flexibility index (Phi) is 2.71. The highest BCUT2D eigenvalue weighted by atomic mass is 127. The summed E-state index contributed by atoms with van der Waals surface area (Å²) in [6, 6.07) is 1.95. The van der Waals surface area contributed by atoms with Crippen molar-refractivity contribution in [2.75, 3.05) is 0 Å². The quantitative estimate of drug-likeness (QED) is 0.742. The minimum atomic E-state index is 0.687. The molecule has 2 heterocycles. The summed E-state index contributed by atoms with van der Waals surface area (Å²) in [6.07, 6.45) is 3.73. The molecule has 0 unspecified atom stereocenters.